The standard InChI is InChI=1S/C15H21Cl2N3O3S2/c1-4-20-14(19-7-9(2)3)24-8-15(20,21)10-5-13(25(18,22)23)12(17)6-11(10)16/h5-6,9,21H,4,7-8H2,1-3H3,(H2,18,22,23). The first-order valence-electron chi connectivity index (χ1n) is 7.70. The van der Waals surface area contributed by atoms with Crippen molar-refractivity contribution in [2.75, 3.05) is 18.8 Å². The van der Waals surface area contributed by atoms with Crippen molar-refractivity contribution < 1.29 is 13.5 Å². The Morgan fingerprint density at radius 3 is 2.56 bits per heavy atom. The van der Waals surface area contributed by atoms with Gasteiger partial charge in [0.25, 0.3) is 0 Å². The van der Waals surface area contributed by atoms with Gasteiger partial charge in [-0.05, 0) is 25.0 Å². The number of aliphatic hydroxyl groups is 1. The summed E-state index contributed by atoms with van der Waals surface area (Å²) in [4.78, 5) is 5.99. The van der Waals surface area contributed by atoms with Crippen LogP contribution in [-0.2, 0) is 15.7 Å². The third kappa shape index (κ3) is 4.26. The van der Waals surface area contributed by atoms with Crippen LogP contribution in [0.15, 0.2) is 22.0 Å². The Hall–Kier alpha value is -0.510. The molecular formula is C15H21Cl2N3O3S2. The van der Waals surface area contributed by atoms with E-state index in [9.17, 15) is 13.5 Å². The fourth-order valence-electron chi connectivity index (χ4n) is 2.54. The fraction of sp³-hybridized carbons (Fsp3) is 0.533. The highest BCUT2D eigenvalue weighted by atomic mass is 35.5. The lowest BCUT2D eigenvalue weighted by molar-refractivity contribution is -0.0454. The van der Waals surface area contributed by atoms with Gasteiger partial charge in [-0.25, -0.2) is 13.6 Å². The molecule has 0 radical (unpaired) electrons. The summed E-state index contributed by atoms with van der Waals surface area (Å²) in [6, 6.07) is 2.53. The van der Waals surface area contributed by atoms with Gasteiger partial charge in [-0.3, -0.25) is 4.99 Å². The summed E-state index contributed by atoms with van der Waals surface area (Å²) in [6.45, 7) is 7.10. The van der Waals surface area contributed by atoms with Gasteiger partial charge in [0.2, 0.25) is 10.0 Å². The minimum atomic E-state index is -4.05. The SMILES string of the molecule is CCN1C(=NCC(C)C)SCC1(O)c1cc(S(N)(=O)=O)c(Cl)cc1Cl. The normalized spacial score (nSPS) is 23.0. The van der Waals surface area contributed by atoms with Crippen LogP contribution < -0.4 is 5.14 Å². The molecule has 3 N–H and O–H groups in total. The van der Waals surface area contributed by atoms with E-state index in [-0.39, 0.29) is 26.3 Å². The summed E-state index contributed by atoms with van der Waals surface area (Å²) >= 11 is 13.6. The average Bonchev–Trinajstić information content (AvgIpc) is 2.80. The van der Waals surface area contributed by atoms with E-state index in [1.807, 2.05) is 6.92 Å². The molecule has 1 atom stereocenters. The Balaban J connectivity index is 2.55. The Bertz CT molecular complexity index is 799. The summed E-state index contributed by atoms with van der Waals surface area (Å²) < 4.78 is 23.5. The summed E-state index contributed by atoms with van der Waals surface area (Å²) in [7, 11) is -4.05. The van der Waals surface area contributed by atoms with Crippen molar-refractivity contribution in [1.29, 1.82) is 0 Å². The molecule has 0 aliphatic carbocycles. The predicted octanol–water partition coefficient (Wildman–Crippen LogP) is 2.87. The van der Waals surface area contributed by atoms with Gasteiger partial charge >= 0.3 is 0 Å². The van der Waals surface area contributed by atoms with Crippen molar-refractivity contribution in [2.24, 2.45) is 16.0 Å². The molecule has 6 nitrogen and oxygen atoms in total. The number of hydrogen-bond acceptors (Lipinski definition) is 5. The number of nitrogens with two attached hydrogens (primary N) is 1. The minimum Gasteiger partial charge on any atom is -0.366 e. The number of thioether (sulfide) groups is 1. The maximum atomic E-state index is 11.8. The molecule has 0 aromatic heterocycles. The van der Waals surface area contributed by atoms with E-state index in [1.54, 1.807) is 4.90 Å². The molecule has 140 valence electrons. The number of amidine groups is 1. The van der Waals surface area contributed by atoms with E-state index in [4.69, 9.17) is 28.3 Å². The number of primary sulfonamides is 1. The fourth-order valence-corrected chi connectivity index (χ4v) is 5.26. The van der Waals surface area contributed by atoms with Crippen LogP contribution in [0.2, 0.25) is 10.0 Å². The molecule has 25 heavy (non-hydrogen) atoms. The third-order valence-corrected chi connectivity index (χ3v) is 6.59. The van der Waals surface area contributed by atoms with Gasteiger partial charge < -0.3 is 10.0 Å². The molecule has 1 fully saturated rings. The van der Waals surface area contributed by atoms with Crippen LogP contribution >= 0.6 is 35.0 Å². The van der Waals surface area contributed by atoms with Crippen LogP contribution in [-0.4, -0.2) is 42.4 Å². The molecule has 10 heteroatoms. The van der Waals surface area contributed by atoms with E-state index in [0.29, 0.717) is 24.2 Å². The molecule has 1 unspecified atom stereocenters. The average molecular weight is 426 g/mol. The monoisotopic (exact) mass is 425 g/mol. The Morgan fingerprint density at radius 2 is 2.04 bits per heavy atom. The summed E-state index contributed by atoms with van der Waals surface area (Å²) in [5.74, 6) is 0.650. The highest BCUT2D eigenvalue weighted by Gasteiger charge is 2.45. The van der Waals surface area contributed by atoms with Crippen LogP contribution in [0.1, 0.15) is 26.3 Å². The molecule has 0 saturated carbocycles. The number of sulfonamides is 1. The third-order valence-electron chi connectivity index (χ3n) is 3.75. The molecule has 1 aromatic rings. The van der Waals surface area contributed by atoms with Crippen LogP contribution in [0.3, 0.4) is 0 Å². The summed E-state index contributed by atoms with van der Waals surface area (Å²) in [5.41, 5.74) is -1.25. The van der Waals surface area contributed by atoms with Crippen molar-refractivity contribution in [3.05, 3.63) is 27.7 Å². The molecule has 2 rings (SSSR count). The number of benzene rings is 1. The van der Waals surface area contributed by atoms with E-state index in [0.717, 1.165) is 0 Å². The quantitative estimate of drug-likeness (QED) is 0.755. The number of rotatable bonds is 5. The Morgan fingerprint density at radius 1 is 1.40 bits per heavy atom. The first-order chi connectivity index (χ1) is 11.5. The topological polar surface area (TPSA) is 96.0 Å². The lowest BCUT2D eigenvalue weighted by atomic mass is 10.0. The highest BCUT2D eigenvalue weighted by Crippen LogP contribution is 2.43. The minimum absolute atomic E-state index is 0.0813. The summed E-state index contributed by atoms with van der Waals surface area (Å²) in [5, 5.41) is 17.3. The largest absolute Gasteiger partial charge is 0.366 e. The molecule has 1 aliphatic rings. The van der Waals surface area contributed by atoms with E-state index in [1.165, 1.54) is 23.9 Å². The number of nitrogens with zero attached hydrogens (tertiary/aromatic N) is 2. The second-order valence-electron chi connectivity index (χ2n) is 6.17. The van der Waals surface area contributed by atoms with Crippen molar-refractivity contribution in [3.8, 4) is 0 Å². The van der Waals surface area contributed by atoms with Crippen LogP contribution in [0, 0.1) is 5.92 Å². The number of aliphatic imine (C=N–C) groups is 1. The molecule has 1 saturated heterocycles. The molecule has 1 aliphatic heterocycles. The molecule has 0 amide bonds. The van der Waals surface area contributed by atoms with E-state index < -0.39 is 15.7 Å². The number of halogens is 2. The first-order valence-corrected chi connectivity index (χ1v) is 11.0. The lowest BCUT2D eigenvalue weighted by Gasteiger charge is -2.34. The van der Waals surface area contributed by atoms with Crippen molar-refractivity contribution in [2.45, 2.75) is 31.4 Å². The van der Waals surface area contributed by atoms with Crippen LogP contribution in [0.25, 0.3) is 0 Å². The number of hydrogen-bond donors (Lipinski definition) is 2. The zero-order valence-electron chi connectivity index (χ0n) is 14.2. The smallest absolute Gasteiger partial charge is 0.239 e. The van der Waals surface area contributed by atoms with Gasteiger partial charge in [0.1, 0.15) is 4.90 Å². The maximum Gasteiger partial charge on any atom is 0.239 e. The zero-order chi connectivity index (χ0) is 19.0. The van der Waals surface area contributed by atoms with Gasteiger partial charge in [-0.15, -0.1) is 0 Å². The van der Waals surface area contributed by atoms with Gasteiger partial charge in [-0.2, -0.15) is 0 Å². The van der Waals surface area contributed by atoms with Gasteiger partial charge in [0, 0.05) is 18.7 Å². The Labute approximate surface area is 162 Å². The molecule has 0 spiro atoms. The van der Waals surface area contributed by atoms with Crippen LogP contribution in [0.5, 0.6) is 0 Å². The highest BCUT2D eigenvalue weighted by molar-refractivity contribution is 8.14. The Kier molecular flexibility index (Phi) is 6.34. The van der Waals surface area contributed by atoms with E-state index in [2.05, 4.69) is 18.8 Å². The molecule has 1 heterocycles. The van der Waals surface area contributed by atoms with Crippen molar-refractivity contribution in [1.82, 2.24) is 4.90 Å². The molecule has 0 bridgehead atoms. The maximum absolute atomic E-state index is 11.8. The second-order valence-corrected chi connectivity index (χ2v) is 9.46. The molecular weight excluding hydrogens is 405 g/mol. The second kappa shape index (κ2) is 7.62. The van der Waals surface area contributed by atoms with Gasteiger partial charge in [0.15, 0.2) is 10.9 Å². The van der Waals surface area contributed by atoms with Crippen LogP contribution in [0.4, 0.5) is 0 Å². The van der Waals surface area contributed by atoms with Gasteiger partial charge in [0.05, 0.1) is 15.8 Å². The molecule has 1 aromatic carbocycles. The first kappa shape index (κ1) is 20.8. The predicted molar refractivity (Wildman–Crippen MR) is 104 cm³/mol. The zero-order valence-corrected chi connectivity index (χ0v) is 17.3. The van der Waals surface area contributed by atoms with Crippen molar-refractivity contribution >= 4 is 50.2 Å². The van der Waals surface area contributed by atoms with Crippen molar-refractivity contribution in [3.63, 3.8) is 0 Å². The van der Waals surface area contributed by atoms with E-state index >= 15 is 0 Å². The van der Waals surface area contributed by atoms with Gasteiger partial charge in [-0.1, -0.05) is 48.8 Å². The summed E-state index contributed by atoms with van der Waals surface area (Å²) in [6.07, 6.45) is 0. The lowest BCUT2D eigenvalue weighted by Crippen LogP contribution is -2.45.